The summed E-state index contributed by atoms with van der Waals surface area (Å²) in [6, 6.07) is 17.8. The van der Waals surface area contributed by atoms with Crippen molar-refractivity contribution in [1.82, 2.24) is 14.5 Å². The van der Waals surface area contributed by atoms with Crippen molar-refractivity contribution in [1.29, 1.82) is 0 Å². The fourth-order valence-corrected chi connectivity index (χ4v) is 4.76. The SMILES string of the molecule is CC(=O)O[C@]1(C)[C@@H](COC(=O)c2ccccc2)O[C@@H](n2ccc(=O)c3c(N)ncnc32)[C@@H]1OC(=O)c1ccccc1. The van der Waals surface area contributed by atoms with Gasteiger partial charge in [-0.2, -0.15) is 0 Å². The average Bonchev–Trinajstić information content (AvgIpc) is 3.22. The van der Waals surface area contributed by atoms with E-state index in [1.54, 1.807) is 60.7 Å². The molecule has 0 bridgehead atoms. The van der Waals surface area contributed by atoms with E-state index in [4.69, 9.17) is 24.7 Å². The number of aromatic nitrogens is 3. The number of ether oxygens (including phenoxy) is 4. The molecule has 12 nitrogen and oxygen atoms in total. The number of hydrogen-bond acceptors (Lipinski definition) is 11. The summed E-state index contributed by atoms with van der Waals surface area (Å²) in [7, 11) is 0. The van der Waals surface area contributed by atoms with Crippen LogP contribution in [0.3, 0.4) is 0 Å². The van der Waals surface area contributed by atoms with Crippen molar-refractivity contribution in [2.45, 2.75) is 37.9 Å². The summed E-state index contributed by atoms with van der Waals surface area (Å²) in [5.74, 6) is -2.09. The Balaban J connectivity index is 1.58. The van der Waals surface area contributed by atoms with Crippen LogP contribution in [0.1, 0.15) is 40.8 Å². The summed E-state index contributed by atoms with van der Waals surface area (Å²) in [5, 5.41) is 0.0277. The number of benzene rings is 2. The number of nitrogen functional groups attached to an aromatic ring is 1. The first-order chi connectivity index (χ1) is 19.7. The predicted molar refractivity (Wildman–Crippen MR) is 145 cm³/mol. The first-order valence-electron chi connectivity index (χ1n) is 12.6. The second-order valence-corrected chi connectivity index (χ2v) is 9.49. The molecule has 2 N–H and O–H groups in total. The maximum Gasteiger partial charge on any atom is 0.338 e. The number of anilines is 1. The molecule has 4 aromatic rings. The van der Waals surface area contributed by atoms with Crippen LogP contribution in [-0.4, -0.2) is 56.9 Å². The highest BCUT2D eigenvalue weighted by Gasteiger charge is 2.60. The van der Waals surface area contributed by atoms with Gasteiger partial charge in [-0.1, -0.05) is 36.4 Å². The molecule has 1 fully saturated rings. The zero-order valence-electron chi connectivity index (χ0n) is 22.1. The molecule has 0 aliphatic carbocycles. The molecule has 0 saturated carbocycles. The molecule has 41 heavy (non-hydrogen) atoms. The molecule has 0 spiro atoms. The molecule has 0 unspecified atom stereocenters. The molecule has 1 aliphatic heterocycles. The lowest BCUT2D eigenvalue weighted by atomic mass is 9.93. The van der Waals surface area contributed by atoms with Crippen LogP contribution in [0.15, 0.2) is 84.0 Å². The Bertz CT molecular complexity index is 1660. The second kappa shape index (κ2) is 11.2. The van der Waals surface area contributed by atoms with Gasteiger partial charge in [-0.3, -0.25) is 9.59 Å². The summed E-state index contributed by atoms with van der Waals surface area (Å²) < 4.78 is 25.0. The van der Waals surface area contributed by atoms with Crippen LogP contribution < -0.4 is 11.2 Å². The number of rotatable bonds is 7. The number of nitrogens with two attached hydrogens (primary N) is 1. The Kier molecular flexibility index (Phi) is 7.49. The van der Waals surface area contributed by atoms with Gasteiger partial charge < -0.3 is 29.2 Å². The lowest BCUT2D eigenvalue weighted by molar-refractivity contribution is -0.172. The average molecular weight is 559 g/mol. The van der Waals surface area contributed by atoms with Crippen molar-refractivity contribution in [3.05, 3.63) is 101 Å². The van der Waals surface area contributed by atoms with Gasteiger partial charge in [0.05, 0.1) is 11.1 Å². The highest BCUT2D eigenvalue weighted by atomic mass is 16.7. The van der Waals surface area contributed by atoms with Gasteiger partial charge in [0.1, 0.15) is 30.2 Å². The van der Waals surface area contributed by atoms with Gasteiger partial charge in [-0.25, -0.2) is 19.6 Å². The fourth-order valence-electron chi connectivity index (χ4n) is 4.76. The van der Waals surface area contributed by atoms with Crippen LogP contribution in [0.5, 0.6) is 0 Å². The van der Waals surface area contributed by atoms with Gasteiger partial charge >= 0.3 is 17.9 Å². The number of fused-ring (bicyclic) bond motifs is 1. The molecule has 5 rings (SSSR count). The Labute approximate surface area is 233 Å². The molecule has 12 heteroatoms. The molecule has 2 aromatic carbocycles. The molecule has 4 atom stereocenters. The van der Waals surface area contributed by atoms with E-state index < -0.39 is 47.4 Å². The minimum atomic E-state index is -1.65. The van der Waals surface area contributed by atoms with E-state index in [0.717, 1.165) is 0 Å². The Hall–Kier alpha value is -5.10. The molecule has 0 amide bonds. The number of hydrogen-bond donors (Lipinski definition) is 1. The standard InChI is InChI=1S/C29H26N4O8/c1-17(34)41-29(2)21(15-38-27(36)18-9-5-3-6-10-18)39-26(23(29)40-28(37)19-11-7-4-8-12-19)33-14-13-20(35)22-24(30)31-16-32-25(22)33/h3-14,16,21,23,26H,15H2,1-2H3,(H2,30,31,32)/t21-,23+,26-,29-/m1/s1. The maximum absolute atomic E-state index is 13.3. The topological polar surface area (TPSA) is 162 Å². The minimum Gasteiger partial charge on any atom is -0.459 e. The van der Waals surface area contributed by atoms with Gasteiger partial charge in [0.2, 0.25) is 0 Å². The third kappa shape index (κ3) is 5.37. The Morgan fingerprint density at radius 1 is 0.976 bits per heavy atom. The van der Waals surface area contributed by atoms with E-state index in [0.29, 0.717) is 5.56 Å². The predicted octanol–water partition coefficient (Wildman–Crippen LogP) is 2.68. The summed E-state index contributed by atoms with van der Waals surface area (Å²) >= 11 is 0. The van der Waals surface area contributed by atoms with Gasteiger partial charge in [0.15, 0.2) is 29.0 Å². The Morgan fingerprint density at radius 2 is 1.61 bits per heavy atom. The third-order valence-corrected chi connectivity index (χ3v) is 6.76. The van der Waals surface area contributed by atoms with Crippen LogP contribution in [-0.2, 0) is 23.7 Å². The molecule has 1 saturated heterocycles. The minimum absolute atomic E-state index is 0.0277. The lowest BCUT2D eigenvalue weighted by Gasteiger charge is -2.34. The van der Waals surface area contributed by atoms with Crippen LogP contribution >= 0.6 is 0 Å². The van der Waals surface area contributed by atoms with E-state index in [2.05, 4.69) is 9.97 Å². The van der Waals surface area contributed by atoms with Gasteiger partial charge in [0.25, 0.3) is 0 Å². The van der Waals surface area contributed by atoms with Crippen molar-refractivity contribution >= 4 is 34.8 Å². The highest BCUT2D eigenvalue weighted by Crippen LogP contribution is 2.43. The lowest BCUT2D eigenvalue weighted by Crippen LogP contribution is -2.52. The molecular weight excluding hydrogens is 532 g/mol. The van der Waals surface area contributed by atoms with Crippen LogP contribution in [0.4, 0.5) is 5.82 Å². The summed E-state index contributed by atoms with van der Waals surface area (Å²) in [5.41, 5.74) is 4.55. The van der Waals surface area contributed by atoms with Crippen molar-refractivity contribution in [3.8, 4) is 0 Å². The smallest absolute Gasteiger partial charge is 0.338 e. The highest BCUT2D eigenvalue weighted by molar-refractivity contribution is 5.90. The second-order valence-electron chi connectivity index (χ2n) is 9.49. The number of nitrogens with zero attached hydrogens (tertiary/aromatic N) is 3. The van der Waals surface area contributed by atoms with Gasteiger partial charge in [0, 0.05) is 19.2 Å². The van der Waals surface area contributed by atoms with Crippen molar-refractivity contribution in [2.24, 2.45) is 0 Å². The van der Waals surface area contributed by atoms with Crippen molar-refractivity contribution in [2.75, 3.05) is 12.3 Å². The number of carbonyl (C=O) groups is 3. The molecule has 0 radical (unpaired) electrons. The van der Waals surface area contributed by atoms with Gasteiger partial charge in [-0.05, 0) is 31.2 Å². The first kappa shape index (κ1) is 27.5. The van der Waals surface area contributed by atoms with Gasteiger partial charge in [-0.15, -0.1) is 0 Å². The fraction of sp³-hybridized carbons (Fsp3) is 0.241. The molecule has 210 valence electrons. The maximum atomic E-state index is 13.3. The van der Waals surface area contributed by atoms with Crippen LogP contribution in [0, 0.1) is 0 Å². The molecule has 1 aliphatic rings. The quantitative estimate of drug-likeness (QED) is 0.262. The van der Waals surface area contributed by atoms with Crippen LogP contribution in [0.25, 0.3) is 11.0 Å². The molecular formula is C29H26N4O8. The zero-order chi connectivity index (χ0) is 29.1. The van der Waals surface area contributed by atoms with Crippen molar-refractivity contribution < 1.29 is 33.3 Å². The van der Waals surface area contributed by atoms with E-state index in [1.807, 2.05) is 0 Å². The third-order valence-electron chi connectivity index (χ3n) is 6.76. The number of esters is 3. The van der Waals surface area contributed by atoms with E-state index in [1.165, 1.54) is 37.0 Å². The molecule has 2 aromatic heterocycles. The van der Waals surface area contributed by atoms with Crippen LogP contribution in [0.2, 0.25) is 0 Å². The van der Waals surface area contributed by atoms with E-state index in [9.17, 15) is 19.2 Å². The zero-order valence-corrected chi connectivity index (χ0v) is 22.1. The van der Waals surface area contributed by atoms with E-state index >= 15 is 0 Å². The normalized spacial score (nSPS) is 21.8. The monoisotopic (exact) mass is 558 g/mol. The summed E-state index contributed by atoms with van der Waals surface area (Å²) in [6.07, 6.45) is -1.01. The largest absolute Gasteiger partial charge is 0.459 e. The summed E-state index contributed by atoms with van der Waals surface area (Å²) in [6.45, 7) is 2.36. The number of pyridine rings is 1. The Morgan fingerprint density at radius 3 is 2.24 bits per heavy atom. The number of carbonyl (C=O) groups excluding carboxylic acids is 3. The van der Waals surface area contributed by atoms with E-state index in [-0.39, 0.29) is 29.0 Å². The first-order valence-corrected chi connectivity index (χ1v) is 12.6. The summed E-state index contributed by atoms with van der Waals surface area (Å²) in [4.78, 5) is 59.1. The van der Waals surface area contributed by atoms with Crippen molar-refractivity contribution in [3.63, 3.8) is 0 Å². The molecule has 3 heterocycles.